The molecule has 1 aromatic heterocycles. The molecule has 0 bridgehead atoms. The van der Waals surface area contributed by atoms with Crippen molar-refractivity contribution in [3.8, 4) is 0 Å². The van der Waals surface area contributed by atoms with E-state index in [2.05, 4.69) is 26.3 Å². The second-order valence-corrected chi connectivity index (χ2v) is 4.73. The van der Waals surface area contributed by atoms with E-state index in [1.165, 1.54) is 0 Å². The monoisotopic (exact) mass is 303 g/mol. The summed E-state index contributed by atoms with van der Waals surface area (Å²) in [5.41, 5.74) is 0.616. The summed E-state index contributed by atoms with van der Waals surface area (Å²) in [5.74, 6) is 0.00845. The molecule has 17 heavy (non-hydrogen) atoms. The van der Waals surface area contributed by atoms with Gasteiger partial charge in [-0.15, -0.1) is 0 Å². The summed E-state index contributed by atoms with van der Waals surface area (Å²) in [6.07, 6.45) is 1.65. The number of ketones is 1. The lowest BCUT2D eigenvalue weighted by Gasteiger charge is -2.12. The van der Waals surface area contributed by atoms with Crippen LogP contribution < -0.4 is 5.32 Å². The summed E-state index contributed by atoms with van der Waals surface area (Å²) in [6, 6.07) is 0. The highest BCUT2D eigenvalue weighted by molar-refractivity contribution is 9.10. The van der Waals surface area contributed by atoms with Crippen molar-refractivity contribution in [3.63, 3.8) is 0 Å². The predicted octanol–water partition coefficient (Wildman–Crippen LogP) is 1.33. The number of nitrogens with one attached hydrogen (secondary N) is 1. The lowest BCUT2D eigenvalue weighted by atomic mass is 10.0. The van der Waals surface area contributed by atoms with E-state index in [9.17, 15) is 4.79 Å². The first kappa shape index (κ1) is 14.3. The molecule has 1 unspecified atom stereocenters. The van der Waals surface area contributed by atoms with Gasteiger partial charge < -0.3 is 10.1 Å². The molecule has 96 valence electrons. The Balaban J connectivity index is 2.87. The number of Topliss-reactive ketones (excluding diaryl/α,β-unsaturated/α-hetero) is 1. The number of ether oxygens (including phenoxy) is 1. The van der Waals surface area contributed by atoms with Gasteiger partial charge in [-0.3, -0.25) is 9.48 Å². The lowest BCUT2D eigenvalue weighted by Crippen LogP contribution is -2.26. The Kier molecular flexibility index (Phi) is 5.80. The first-order valence-electron chi connectivity index (χ1n) is 5.50. The predicted molar refractivity (Wildman–Crippen MR) is 69.2 cm³/mol. The number of halogens is 1. The SMILES string of the molecule is CNCC(C)C(=O)c1c(Br)cnn1CCOC. The first-order chi connectivity index (χ1) is 8.11. The number of hydrogen-bond donors (Lipinski definition) is 1. The summed E-state index contributed by atoms with van der Waals surface area (Å²) in [4.78, 5) is 12.2. The van der Waals surface area contributed by atoms with Crippen LogP contribution in [-0.2, 0) is 11.3 Å². The van der Waals surface area contributed by atoms with Crippen molar-refractivity contribution >= 4 is 21.7 Å². The second-order valence-electron chi connectivity index (χ2n) is 3.88. The third kappa shape index (κ3) is 3.62. The van der Waals surface area contributed by atoms with E-state index in [4.69, 9.17) is 4.74 Å². The normalized spacial score (nSPS) is 12.7. The highest BCUT2D eigenvalue weighted by Crippen LogP contribution is 2.19. The van der Waals surface area contributed by atoms with Crippen LogP contribution in [0.25, 0.3) is 0 Å². The zero-order valence-electron chi connectivity index (χ0n) is 10.4. The van der Waals surface area contributed by atoms with E-state index in [0.717, 1.165) is 4.47 Å². The maximum atomic E-state index is 12.2. The fourth-order valence-electron chi connectivity index (χ4n) is 1.59. The van der Waals surface area contributed by atoms with E-state index in [1.807, 2.05) is 14.0 Å². The Morgan fingerprint density at radius 2 is 2.41 bits per heavy atom. The molecule has 0 radical (unpaired) electrons. The van der Waals surface area contributed by atoms with Gasteiger partial charge in [-0.1, -0.05) is 6.92 Å². The van der Waals surface area contributed by atoms with Crippen LogP contribution in [0, 0.1) is 5.92 Å². The van der Waals surface area contributed by atoms with Gasteiger partial charge in [0.05, 0.1) is 23.8 Å². The molecule has 1 aromatic rings. The van der Waals surface area contributed by atoms with Crippen molar-refractivity contribution in [3.05, 3.63) is 16.4 Å². The van der Waals surface area contributed by atoms with Crippen molar-refractivity contribution in [1.29, 1.82) is 0 Å². The molecule has 0 aliphatic rings. The molecule has 0 saturated heterocycles. The van der Waals surface area contributed by atoms with Crippen LogP contribution in [0.15, 0.2) is 10.7 Å². The summed E-state index contributed by atoms with van der Waals surface area (Å²) >= 11 is 3.36. The number of hydrogen-bond acceptors (Lipinski definition) is 4. The number of carbonyl (C=O) groups is 1. The largest absolute Gasteiger partial charge is 0.383 e. The number of carbonyl (C=O) groups excluding carboxylic acids is 1. The van der Waals surface area contributed by atoms with Gasteiger partial charge in [0.25, 0.3) is 0 Å². The van der Waals surface area contributed by atoms with Crippen LogP contribution in [-0.4, -0.2) is 42.9 Å². The van der Waals surface area contributed by atoms with Crippen molar-refractivity contribution in [2.45, 2.75) is 13.5 Å². The van der Waals surface area contributed by atoms with Gasteiger partial charge in [-0.2, -0.15) is 5.10 Å². The molecule has 1 heterocycles. The summed E-state index contributed by atoms with van der Waals surface area (Å²) in [7, 11) is 3.46. The third-order valence-corrected chi connectivity index (χ3v) is 3.07. The van der Waals surface area contributed by atoms with E-state index < -0.39 is 0 Å². The fourth-order valence-corrected chi connectivity index (χ4v) is 2.08. The van der Waals surface area contributed by atoms with Crippen molar-refractivity contribution in [1.82, 2.24) is 15.1 Å². The standard InChI is InChI=1S/C11H18BrN3O2/c1-8(6-13-2)11(16)10-9(12)7-14-15(10)4-5-17-3/h7-8,13H,4-6H2,1-3H3. The number of rotatable bonds is 7. The molecule has 0 saturated carbocycles. The topological polar surface area (TPSA) is 56.2 Å². The van der Waals surface area contributed by atoms with Crippen LogP contribution in [0.1, 0.15) is 17.4 Å². The van der Waals surface area contributed by atoms with Crippen LogP contribution in [0.3, 0.4) is 0 Å². The molecule has 5 nitrogen and oxygen atoms in total. The zero-order valence-corrected chi connectivity index (χ0v) is 12.0. The third-order valence-electron chi connectivity index (χ3n) is 2.49. The maximum absolute atomic E-state index is 12.2. The summed E-state index contributed by atoms with van der Waals surface area (Å²) in [6.45, 7) is 3.67. The fraction of sp³-hybridized carbons (Fsp3) is 0.636. The van der Waals surface area contributed by atoms with Crippen molar-refractivity contribution in [2.24, 2.45) is 5.92 Å². The van der Waals surface area contributed by atoms with Gasteiger partial charge in [0, 0.05) is 19.6 Å². The Morgan fingerprint density at radius 3 is 3.00 bits per heavy atom. The van der Waals surface area contributed by atoms with Gasteiger partial charge in [-0.25, -0.2) is 0 Å². The molecule has 0 aliphatic carbocycles. The van der Waals surface area contributed by atoms with Gasteiger partial charge in [-0.05, 0) is 23.0 Å². The lowest BCUT2D eigenvalue weighted by molar-refractivity contribution is 0.0914. The quantitative estimate of drug-likeness (QED) is 0.772. The average Bonchev–Trinajstić information content (AvgIpc) is 2.67. The van der Waals surface area contributed by atoms with E-state index in [1.54, 1.807) is 18.0 Å². The molecule has 1 atom stereocenters. The maximum Gasteiger partial charge on any atom is 0.186 e. The molecule has 6 heteroatoms. The molecule has 0 amide bonds. The van der Waals surface area contributed by atoms with Crippen molar-refractivity contribution < 1.29 is 9.53 Å². The summed E-state index contributed by atoms with van der Waals surface area (Å²) in [5, 5.41) is 7.17. The van der Waals surface area contributed by atoms with Crippen molar-refractivity contribution in [2.75, 3.05) is 27.3 Å². The zero-order chi connectivity index (χ0) is 12.8. The first-order valence-corrected chi connectivity index (χ1v) is 6.30. The molecule has 0 aliphatic heterocycles. The smallest absolute Gasteiger partial charge is 0.186 e. The van der Waals surface area contributed by atoms with E-state index in [-0.39, 0.29) is 11.7 Å². The minimum atomic E-state index is -0.0747. The summed E-state index contributed by atoms with van der Waals surface area (Å²) < 4.78 is 7.42. The van der Waals surface area contributed by atoms with Crippen LogP contribution in [0.5, 0.6) is 0 Å². The molecule has 0 fully saturated rings. The van der Waals surface area contributed by atoms with E-state index in [0.29, 0.717) is 25.4 Å². The molecular formula is C11H18BrN3O2. The average molecular weight is 304 g/mol. The van der Waals surface area contributed by atoms with Gasteiger partial charge in [0.2, 0.25) is 0 Å². The number of aromatic nitrogens is 2. The number of methoxy groups -OCH3 is 1. The Bertz CT molecular complexity index is 379. The molecular weight excluding hydrogens is 286 g/mol. The van der Waals surface area contributed by atoms with Gasteiger partial charge in [0.15, 0.2) is 5.78 Å². The van der Waals surface area contributed by atoms with E-state index >= 15 is 0 Å². The molecule has 1 N–H and O–H groups in total. The Morgan fingerprint density at radius 1 is 1.71 bits per heavy atom. The molecule has 1 rings (SSSR count). The van der Waals surface area contributed by atoms with Crippen LogP contribution >= 0.6 is 15.9 Å². The molecule has 0 aromatic carbocycles. The van der Waals surface area contributed by atoms with Crippen LogP contribution in [0.2, 0.25) is 0 Å². The number of nitrogens with zero attached hydrogens (tertiary/aromatic N) is 2. The Labute approximate surface area is 110 Å². The minimum absolute atomic E-state index is 0.0747. The second kappa shape index (κ2) is 6.88. The van der Waals surface area contributed by atoms with Gasteiger partial charge >= 0.3 is 0 Å². The Hall–Kier alpha value is -0.720. The van der Waals surface area contributed by atoms with Gasteiger partial charge in [0.1, 0.15) is 5.69 Å². The highest BCUT2D eigenvalue weighted by Gasteiger charge is 2.21. The highest BCUT2D eigenvalue weighted by atomic mass is 79.9. The van der Waals surface area contributed by atoms with Crippen LogP contribution in [0.4, 0.5) is 0 Å². The minimum Gasteiger partial charge on any atom is -0.383 e. The molecule has 0 spiro atoms.